The van der Waals surface area contributed by atoms with Crippen LogP contribution in [0.15, 0.2) is 91.5 Å². The van der Waals surface area contributed by atoms with E-state index in [1.165, 1.54) is 36.8 Å². The summed E-state index contributed by atoms with van der Waals surface area (Å²) in [6.45, 7) is 0.780. The van der Waals surface area contributed by atoms with Gasteiger partial charge in [-0.25, -0.2) is 4.98 Å². The van der Waals surface area contributed by atoms with E-state index >= 15 is 0 Å². The predicted octanol–water partition coefficient (Wildman–Crippen LogP) is 6.11. The Morgan fingerprint density at radius 1 is 0.974 bits per heavy atom. The number of rotatable bonds is 5. The standard InChI is InChI=1S/C23H22N6.C8H8N2/c1-2-13-28(21(5-1)17-9-12-19(24-14-17)16-7-8-16)22-6-3-4-20(26-22)23-27-25-15-29(23)18-10-11-18;9-7-2-1-6-3-4-10-8(6)5-7/h1-6,9,12,14-16,18H,7-8,10-11,13H2;1-5,10H,9H2. The number of aromatic amines is 1. The molecule has 4 aromatic heterocycles. The number of nitrogens with one attached hydrogen (secondary N) is 1. The minimum Gasteiger partial charge on any atom is -0.399 e. The Hall–Kier alpha value is -4.72. The zero-order valence-corrected chi connectivity index (χ0v) is 21.6. The van der Waals surface area contributed by atoms with Gasteiger partial charge in [-0.3, -0.25) is 4.98 Å². The lowest BCUT2D eigenvalue weighted by Gasteiger charge is -2.27. The molecule has 0 unspecified atom stereocenters. The first-order chi connectivity index (χ1) is 19.2. The van der Waals surface area contributed by atoms with Crippen molar-refractivity contribution >= 4 is 28.1 Å². The fourth-order valence-electron chi connectivity index (χ4n) is 4.97. The van der Waals surface area contributed by atoms with Gasteiger partial charge in [-0.15, -0.1) is 10.2 Å². The van der Waals surface area contributed by atoms with Gasteiger partial charge in [-0.2, -0.15) is 0 Å². The number of anilines is 2. The third-order valence-corrected chi connectivity index (χ3v) is 7.38. The Kier molecular flexibility index (Phi) is 5.92. The highest BCUT2D eigenvalue weighted by Crippen LogP contribution is 2.40. The van der Waals surface area contributed by atoms with E-state index in [4.69, 9.17) is 15.7 Å². The molecule has 0 atom stereocenters. The highest BCUT2D eigenvalue weighted by Gasteiger charge is 2.28. The van der Waals surface area contributed by atoms with Crippen LogP contribution in [-0.4, -0.2) is 36.3 Å². The van der Waals surface area contributed by atoms with E-state index in [2.05, 4.69) is 61.1 Å². The molecule has 39 heavy (non-hydrogen) atoms. The lowest BCUT2D eigenvalue weighted by Crippen LogP contribution is -2.24. The second-order valence-corrected chi connectivity index (χ2v) is 10.3. The Morgan fingerprint density at radius 3 is 2.72 bits per heavy atom. The van der Waals surface area contributed by atoms with Crippen LogP contribution < -0.4 is 10.6 Å². The van der Waals surface area contributed by atoms with Crippen molar-refractivity contribution in [2.75, 3.05) is 17.2 Å². The van der Waals surface area contributed by atoms with E-state index in [0.717, 1.165) is 46.3 Å². The van der Waals surface area contributed by atoms with Crippen LogP contribution >= 0.6 is 0 Å². The normalized spacial score (nSPS) is 16.6. The van der Waals surface area contributed by atoms with Crippen LogP contribution in [0.25, 0.3) is 28.1 Å². The van der Waals surface area contributed by atoms with Crippen LogP contribution in [0.1, 0.15) is 48.9 Å². The molecule has 8 heteroatoms. The van der Waals surface area contributed by atoms with E-state index in [9.17, 15) is 0 Å². The molecule has 8 nitrogen and oxygen atoms in total. The van der Waals surface area contributed by atoms with Gasteiger partial charge < -0.3 is 20.2 Å². The van der Waals surface area contributed by atoms with E-state index in [1.807, 2.05) is 55.1 Å². The fraction of sp³-hybridized carbons (Fsp3) is 0.226. The third kappa shape index (κ3) is 4.93. The molecule has 5 heterocycles. The second-order valence-electron chi connectivity index (χ2n) is 10.3. The average Bonchev–Trinajstić information content (AvgIpc) is 3.92. The number of hydrogen-bond acceptors (Lipinski definition) is 6. The zero-order valence-electron chi connectivity index (χ0n) is 21.6. The summed E-state index contributed by atoms with van der Waals surface area (Å²) in [6, 6.07) is 18.9. The van der Waals surface area contributed by atoms with Crippen molar-refractivity contribution in [3.05, 3.63) is 103 Å². The van der Waals surface area contributed by atoms with E-state index in [-0.39, 0.29) is 0 Å². The lowest BCUT2D eigenvalue weighted by molar-refractivity contribution is 0.743. The summed E-state index contributed by atoms with van der Waals surface area (Å²) in [5.74, 6) is 2.43. The number of pyridine rings is 2. The number of aromatic nitrogens is 6. The van der Waals surface area contributed by atoms with Crippen molar-refractivity contribution in [3.8, 4) is 11.5 Å². The number of H-pyrrole nitrogens is 1. The number of nitrogens with two attached hydrogens (primary N) is 1. The molecule has 3 aliphatic rings. The predicted molar refractivity (Wildman–Crippen MR) is 155 cm³/mol. The van der Waals surface area contributed by atoms with Crippen molar-refractivity contribution in [2.24, 2.45) is 0 Å². The summed E-state index contributed by atoms with van der Waals surface area (Å²) in [7, 11) is 0. The van der Waals surface area contributed by atoms with Crippen molar-refractivity contribution in [2.45, 2.75) is 37.6 Å². The number of allylic oxidation sites excluding steroid dienone is 2. The maximum atomic E-state index is 5.56. The van der Waals surface area contributed by atoms with Gasteiger partial charge in [0.15, 0.2) is 5.82 Å². The van der Waals surface area contributed by atoms with Gasteiger partial charge in [0.25, 0.3) is 0 Å². The van der Waals surface area contributed by atoms with Gasteiger partial charge in [-0.05, 0) is 79.6 Å². The SMILES string of the molecule is C1=CCN(c2cccc(-c3nncn3C3CC3)n2)C(c2ccc(C3CC3)nc2)=C1.Nc1ccc2cc[nH]c2c1. The van der Waals surface area contributed by atoms with Crippen LogP contribution in [0, 0.1) is 0 Å². The second kappa shape index (κ2) is 9.87. The molecule has 1 aromatic carbocycles. The third-order valence-electron chi connectivity index (χ3n) is 7.38. The zero-order chi connectivity index (χ0) is 26.2. The molecule has 2 saturated carbocycles. The maximum absolute atomic E-state index is 5.56. The van der Waals surface area contributed by atoms with Gasteiger partial charge in [0.05, 0.1) is 5.70 Å². The summed E-state index contributed by atoms with van der Waals surface area (Å²) < 4.78 is 2.15. The topological polar surface area (TPSA) is 102 Å². The first kappa shape index (κ1) is 23.4. The average molecular weight is 515 g/mol. The van der Waals surface area contributed by atoms with Crippen LogP contribution in [0.3, 0.4) is 0 Å². The largest absolute Gasteiger partial charge is 0.399 e. The number of nitrogen functional groups attached to an aromatic ring is 1. The number of fused-ring (bicyclic) bond motifs is 1. The Bertz CT molecular complexity index is 1670. The quantitative estimate of drug-likeness (QED) is 0.274. The van der Waals surface area contributed by atoms with Crippen molar-refractivity contribution in [1.29, 1.82) is 0 Å². The van der Waals surface area contributed by atoms with Crippen LogP contribution in [-0.2, 0) is 0 Å². The fourth-order valence-corrected chi connectivity index (χ4v) is 4.97. The summed E-state index contributed by atoms with van der Waals surface area (Å²) in [6.07, 6.45) is 17.0. The van der Waals surface area contributed by atoms with Gasteiger partial charge >= 0.3 is 0 Å². The Labute approximate surface area is 226 Å². The molecule has 3 N–H and O–H groups in total. The summed E-state index contributed by atoms with van der Waals surface area (Å²) >= 11 is 0. The van der Waals surface area contributed by atoms with E-state index in [0.29, 0.717) is 12.0 Å². The molecule has 2 aliphatic carbocycles. The molecule has 5 aromatic rings. The maximum Gasteiger partial charge on any atom is 0.182 e. The minimum absolute atomic E-state index is 0.523. The molecule has 2 fully saturated rings. The summed E-state index contributed by atoms with van der Waals surface area (Å²) in [5, 5.41) is 9.66. The Balaban J connectivity index is 0.000000213. The first-order valence-corrected chi connectivity index (χ1v) is 13.5. The summed E-state index contributed by atoms with van der Waals surface area (Å²) in [4.78, 5) is 15.0. The van der Waals surface area contributed by atoms with Crippen molar-refractivity contribution in [3.63, 3.8) is 0 Å². The molecule has 0 amide bonds. The minimum atomic E-state index is 0.523. The Morgan fingerprint density at radius 2 is 1.90 bits per heavy atom. The van der Waals surface area contributed by atoms with Gasteiger partial charge in [0, 0.05) is 53.4 Å². The molecule has 0 bridgehead atoms. The molecular formula is C31H30N8. The summed E-state index contributed by atoms with van der Waals surface area (Å²) in [5.41, 5.74) is 11.8. The smallest absolute Gasteiger partial charge is 0.182 e. The first-order valence-electron chi connectivity index (χ1n) is 13.5. The monoisotopic (exact) mass is 514 g/mol. The molecule has 0 saturated heterocycles. The molecule has 194 valence electrons. The van der Waals surface area contributed by atoms with Crippen molar-refractivity contribution in [1.82, 2.24) is 29.7 Å². The number of nitrogens with zero attached hydrogens (tertiary/aromatic N) is 6. The molecule has 0 radical (unpaired) electrons. The van der Waals surface area contributed by atoms with Crippen LogP contribution in [0.2, 0.25) is 0 Å². The van der Waals surface area contributed by atoms with Gasteiger partial charge in [-0.1, -0.05) is 24.3 Å². The van der Waals surface area contributed by atoms with E-state index in [1.54, 1.807) is 0 Å². The number of benzene rings is 1. The lowest BCUT2D eigenvalue weighted by atomic mass is 10.1. The van der Waals surface area contributed by atoms with Crippen LogP contribution in [0.4, 0.5) is 11.5 Å². The van der Waals surface area contributed by atoms with Gasteiger partial charge in [0.2, 0.25) is 0 Å². The molecular weight excluding hydrogens is 484 g/mol. The van der Waals surface area contributed by atoms with Crippen LogP contribution in [0.5, 0.6) is 0 Å². The highest BCUT2D eigenvalue weighted by atomic mass is 15.3. The molecule has 1 aliphatic heterocycles. The van der Waals surface area contributed by atoms with Crippen molar-refractivity contribution < 1.29 is 0 Å². The van der Waals surface area contributed by atoms with Gasteiger partial charge in [0.1, 0.15) is 17.8 Å². The molecule has 8 rings (SSSR count). The highest BCUT2D eigenvalue weighted by molar-refractivity contribution is 5.82. The van der Waals surface area contributed by atoms with E-state index < -0.39 is 0 Å². The number of hydrogen-bond donors (Lipinski definition) is 2. The molecule has 0 spiro atoms.